The molecule has 3 nitrogen and oxygen atoms in total. The molecule has 0 bridgehead atoms. The second-order valence-corrected chi connectivity index (χ2v) is 4.68. The lowest BCUT2D eigenvalue weighted by atomic mass is 10.1. The molecule has 0 fully saturated rings. The summed E-state index contributed by atoms with van der Waals surface area (Å²) in [4.78, 5) is 13.7. The Morgan fingerprint density at radius 2 is 2.00 bits per heavy atom. The molecule has 1 aliphatic rings. The van der Waals surface area contributed by atoms with Gasteiger partial charge in [-0.2, -0.15) is 0 Å². The van der Waals surface area contributed by atoms with Crippen LogP contribution >= 0.6 is 0 Å². The molecule has 2 heterocycles. The van der Waals surface area contributed by atoms with Crippen LogP contribution in [0.15, 0.2) is 10.5 Å². The van der Waals surface area contributed by atoms with E-state index in [1.807, 2.05) is 24.8 Å². The fraction of sp³-hybridized carbons (Fsp3) is 0.583. The maximum atomic E-state index is 11.9. The topological polar surface area (TPSA) is 33.5 Å². The first-order chi connectivity index (χ1) is 7.00. The third-order valence-electron chi connectivity index (χ3n) is 2.82. The smallest absolute Gasteiger partial charge is 0.290 e. The van der Waals surface area contributed by atoms with Crippen molar-refractivity contribution in [3.8, 4) is 0 Å². The highest BCUT2D eigenvalue weighted by molar-refractivity contribution is 5.95. The Labute approximate surface area is 90.1 Å². The molecule has 1 amide bonds. The zero-order chi connectivity index (χ0) is 11.2. The largest absolute Gasteiger partial charge is 0.455 e. The van der Waals surface area contributed by atoms with Crippen LogP contribution in [0.5, 0.6) is 0 Å². The van der Waals surface area contributed by atoms with Gasteiger partial charge in [0.2, 0.25) is 0 Å². The molecule has 0 N–H and O–H groups in total. The van der Waals surface area contributed by atoms with Crippen molar-refractivity contribution < 1.29 is 9.21 Å². The highest BCUT2D eigenvalue weighted by Crippen LogP contribution is 2.30. The zero-order valence-corrected chi connectivity index (χ0v) is 9.70. The van der Waals surface area contributed by atoms with E-state index in [2.05, 4.69) is 13.8 Å². The predicted molar refractivity (Wildman–Crippen MR) is 57.8 cm³/mol. The summed E-state index contributed by atoms with van der Waals surface area (Å²) in [5.74, 6) is 1.84. The van der Waals surface area contributed by atoms with E-state index in [-0.39, 0.29) is 11.9 Å². The van der Waals surface area contributed by atoms with Gasteiger partial charge in [0, 0.05) is 17.5 Å². The molecule has 1 aromatic heterocycles. The monoisotopic (exact) mass is 207 g/mol. The van der Waals surface area contributed by atoms with Crippen molar-refractivity contribution >= 4 is 5.91 Å². The first kappa shape index (κ1) is 10.3. The fourth-order valence-corrected chi connectivity index (χ4v) is 1.84. The minimum Gasteiger partial charge on any atom is -0.455 e. The van der Waals surface area contributed by atoms with E-state index in [9.17, 15) is 4.79 Å². The van der Waals surface area contributed by atoms with E-state index < -0.39 is 0 Å². The predicted octanol–water partition coefficient (Wildman–Crippen LogP) is 2.77. The van der Waals surface area contributed by atoms with Crippen molar-refractivity contribution in [2.75, 3.05) is 0 Å². The Morgan fingerprint density at radius 1 is 1.33 bits per heavy atom. The molecule has 0 spiro atoms. The molecule has 0 radical (unpaired) electrons. The Balaban J connectivity index is 2.30. The van der Waals surface area contributed by atoms with Crippen LogP contribution in [0.25, 0.3) is 0 Å². The lowest BCUT2D eigenvalue weighted by Gasteiger charge is -2.19. The summed E-state index contributed by atoms with van der Waals surface area (Å²) in [5.41, 5.74) is 1.04. The molecule has 0 aromatic carbocycles. The molecule has 0 saturated heterocycles. The number of fused-ring (bicyclic) bond motifs is 1. The summed E-state index contributed by atoms with van der Waals surface area (Å²) in [6.45, 7) is 8.87. The molecular formula is C12H17NO2. The number of amides is 1. The molecule has 1 aliphatic heterocycles. The molecular weight excluding hydrogens is 190 g/mol. The summed E-state index contributed by atoms with van der Waals surface area (Å²) >= 11 is 0. The van der Waals surface area contributed by atoms with Crippen LogP contribution in [0.2, 0.25) is 0 Å². The second-order valence-electron chi connectivity index (χ2n) is 4.68. The quantitative estimate of drug-likeness (QED) is 0.747. The van der Waals surface area contributed by atoms with Crippen molar-refractivity contribution in [1.82, 2.24) is 4.90 Å². The van der Waals surface area contributed by atoms with Gasteiger partial charge in [-0.3, -0.25) is 4.79 Å². The Morgan fingerprint density at radius 3 is 2.47 bits per heavy atom. The summed E-state index contributed by atoms with van der Waals surface area (Å²) in [6, 6.07) is 2.25. The van der Waals surface area contributed by atoms with Crippen molar-refractivity contribution in [1.29, 1.82) is 0 Å². The molecule has 0 aliphatic carbocycles. The average Bonchev–Trinajstić information content (AvgIpc) is 2.65. The van der Waals surface area contributed by atoms with Gasteiger partial charge in [-0.15, -0.1) is 0 Å². The molecule has 2 rings (SSSR count). The van der Waals surface area contributed by atoms with Crippen LogP contribution in [0.3, 0.4) is 0 Å². The van der Waals surface area contributed by atoms with Gasteiger partial charge in [-0.05, 0) is 19.9 Å². The molecule has 82 valence electrons. The number of hydrogen-bond donors (Lipinski definition) is 0. The lowest BCUT2D eigenvalue weighted by Crippen LogP contribution is -2.31. The lowest BCUT2D eigenvalue weighted by molar-refractivity contribution is 0.0702. The summed E-state index contributed by atoms with van der Waals surface area (Å²) in [7, 11) is 0. The number of rotatable bonds is 2. The highest BCUT2D eigenvalue weighted by atomic mass is 16.4. The van der Waals surface area contributed by atoms with Crippen molar-refractivity contribution in [2.24, 2.45) is 0 Å². The van der Waals surface area contributed by atoms with Crippen LogP contribution in [0.1, 0.15) is 55.5 Å². The van der Waals surface area contributed by atoms with Gasteiger partial charge in [-0.25, -0.2) is 0 Å². The normalized spacial score (nSPS) is 15.6. The Bertz CT molecular complexity index is 390. The van der Waals surface area contributed by atoms with E-state index in [4.69, 9.17) is 4.42 Å². The van der Waals surface area contributed by atoms with Gasteiger partial charge in [0.25, 0.3) is 5.91 Å². The van der Waals surface area contributed by atoms with Crippen molar-refractivity contribution in [3.05, 3.63) is 23.2 Å². The maximum Gasteiger partial charge on any atom is 0.290 e. The van der Waals surface area contributed by atoms with Crippen LogP contribution in [-0.4, -0.2) is 16.8 Å². The van der Waals surface area contributed by atoms with Crippen LogP contribution in [0.4, 0.5) is 0 Å². The van der Waals surface area contributed by atoms with E-state index in [1.54, 1.807) is 0 Å². The van der Waals surface area contributed by atoms with Gasteiger partial charge in [0.15, 0.2) is 5.76 Å². The number of nitrogens with zero attached hydrogens (tertiary/aromatic N) is 1. The average molecular weight is 207 g/mol. The summed E-state index contributed by atoms with van der Waals surface area (Å²) in [5, 5.41) is 0. The maximum absolute atomic E-state index is 11.9. The standard InChI is InChI=1S/C12H17NO2/c1-7(2)10-5-9-6-13(8(3)4)12(14)11(9)15-10/h5,7-8H,6H2,1-4H3. The zero-order valence-electron chi connectivity index (χ0n) is 9.70. The minimum atomic E-state index is 0.0342. The number of furan rings is 1. The minimum absolute atomic E-state index is 0.0342. The first-order valence-electron chi connectivity index (χ1n) is 5.44. The SMILES string of the molecule is CC(C)c1cc2c(o1)C(=O)N(C(C)C)C2. The van der Waals surface area contributed by atoms with Crippen LogP contribution in [-0.2, 0) is 6.54 Å². The van der Waals surface area contributed by atoms with Gasteiger partial charge < -0.3 is 9.32 Å². The molecule has 15 heavy (non-hydrogen) atoms. The van der Waals surface area contributed by atoms with Gasteiger partial charge >= 0.3 is 0 Å². The van der Waals surface area contributed by atoms with Gasteiger partial charge in [0.1, 0.15) is 5.76 Å². The molecule has 0 unspecified atom stereocenters. The van der Waals surface area contributed by atoms with Gasteiger partial charge in [-0.1, -0.05) is 13.8 Å². The Hall–Kier alpha value is -1.25. The molecule has 0 atom stereocenters. The molecule has 0 saturated carbocycles. The van der Waals surface area contributed by atoms with Crippen LogP contribution < -0.4 is 0 Å². The number of carbonyl (C=O) groups excluding carboxylic acids is 1. The summed E-state index contributed by atoms with van der Waals surface area (Å²) in [6.07, 6.45) is 0. The number of hydrogen-bond acceptors (Lipinski definition) is 2. The molecule has 3 heteroatoms. The van der Waals surface area contributed by atoms with E-state index in [0.717, 1.165) is 11.3 Å². The van der Waals surface area contributed by atoms with E-state index in [1.165, 1.54) is 0 Å². The van der Waals surface area contributed by atoms with Crippen LogP contribution in [0, 0.1) is 0 Å². The third-order valence-corrected chi connectivity index (χ3v) is 2.82. The second kappa shape index (κ2) is 3.40. The first-order valence-corrected chi connectivity index (χ1v) is 5.44. The van der Waals surface area contributed by atoms with E-state index >= 15 is 0 Å². The third kappa shape index (κ3) is 1.56. The Kier molecular flexibility index (Phi) is 2.33. The van der Waals surface area contributed by atoms with Crippen molar-refractivity contribution in [3.63, 3.8) is 0 Å². The van der Waals surface area contributed by atoms with E-state index in [0.29, 0.717) is 18.2 Å². The fourth-order valence-electron chi connectivity index (χ4n) is 1.84. The molecule has 1 aromatic rings. The van der Waals surface area contributed by atoms with Gasteiger partial charge in [0.05, 0.1) is 6.54 Å². The highest BCUT2D eigenvalue weighted by Gasteiger charge is 2.33. The number of carbonyl (C=O) groups is 1. The summed E-state index contributed by atoms with van der Waals surface area (Å²) < 4.78 is 5.59. The van der Waals surface area contributed by atoms with Crippen molar-refractivity contribution in [2.45, 2.75) is 46.2 Å².